The van der Waals surface area contributed by atoms with E-state index in [1.807, 2.05) is 18.1 Å². The summed E-state index contributed by atoms with van der Waals surface area (Å²) in [6.07, 6.45) is 2.79. The van der Waals surface area contributed by atoms with Gasteiger partial charge in [0.25, 0.3) is 5.91 Å². The molecule has 0 atom stereocenters. The smallest absolute Gasteiger partial charge is 0.260 e. The van der Waals surface area contributed by atoms with Gasteiger partial charge in [-0.25, -0.2) is 0 Å². The van der Waals surface area contributed by atoms with Gasteiger partial charge in [-0.15, -0.1) is 5.10 Å². The van der Waals surface area contributed by atoms with Gasteiger partial charge in [-0.05, 0) is 18.2 Å². The van der Waals surface area contributed by atoms with Gasteiger partial charge in [-0.1, -0.05) is 28.4 Å². The third-order valence-corrected chi connectivity index (χ3v) is 4.83. The predicted molar refractivity (Wildman–Crippen MR) is 99.7 cm³/mol. The van der Waals surface area contributed by atoms with Crippen LogP contribution in [0.3, 0.4) is 0 Å². The molecule has 2 aromatic rings. The third-order valence-electron chi connectivity index (χ3n) is 4.30. The first-order valence-corrected chi connectivity index (χ1v) is 9.20. The van der Waals surface area contributed by atoms with Crippen molar-refractivity contribution >= 4 is 29.1 Å². The van der Waals surface area contributed by atoms with Crippen molar-refractivity contribution in [1.29, 1.82) is 0 Å². The number of amides is 1. The highest BCUT2D eigenvalue weighted by molar-refractivity contribution is 6.35. The first-order valence-electron chi connectivity index (χ1n) is 8.44. The van der Waals surface area contributed by atoms with E-state index in [4.69, 9.17) is 27.9 Å². The van der Waals surface area contributed by atoms with E-state index in [1.54, 1.807) is 22.9 Å². The van der Waals surface area contributed by atoms with Crippen molar-refractivity contribution in [1.82, 2.24) is 24.8 Å². The molecule has 0 unspecified atom stereocenters. The van der Waals surface area contributed by atoms with Crippen LogP contribution in [0.25, 0.3) is 0 Å². The van der Waals surface area contributed by atoms with Crippen molar-refractivity contribution < 1.29 is 9.53 Å². The van der Waals surface area contributed by atoms with E-state index in [1.165, 1.54) is 0 Å². The van der Waals surface area contributed by atoms with Crippen molar-refractivity contribution in [3.8, 4) is 5.75 Å². The zero-order chi connectivity index (χ0) is 18.5. The van der Waals surface area contributed by atoms with E-state index in [9.17, 15) is 4.79 Å². The van der Waals surface area contributed by atoms with Crippen LogP contribution in [0, 0.1) is 0 Å². The molecule has 9 heteroatoms. The third kappa shape index (κ3) is 5.09. The fourth-order valence-corrected chi connectivity index (χ4v) is 3.29. The summed E-state index contributed by atoms with van der Waals surface area (Å²) in [5.74, 6) is 0.427. The Bertz CT molecular complexity index is 759. The Balaban J connectivity index is 1.40. The Morgan fingerprint density at radius 2 is 2.00 bits per heavy atom. The minimum Gasteiger partial charge on any atom is -0.482 e. The summed E-state index contributed by atoms with van der Waals surface area (Å²) < 4.78 is 7.24. The van der Waals surface area contributed by atoms with Crippen LogP contribution in [0.15, 0.2) is 24.4 Å². The van der Waals surface area contributed by atoms with Crippen molar-refractivity contribution in [2.75, 3.05) is 39.3 Å². The zero-order valence-corrected chi connectivity index (χ0v) is 16.1. The Morgan fingerprint density at radius 1 is 1.23 bits per heavy atom. The van der Waals surface area contributed by atoms with Gasteiger partial charge in [0.05, 0.1) is 10.7 Å². The molecule has 1 fully saturated rings. The number of ether oxygens (including phenoxy) is 1. The second-order valence-electron chi connectivity index (χ2n) is 6.22. The summed E-state index contributed by atoms with van der Waals surface area (Å²) in [4.78, 5) is 16.5. The molecule has 2 heterocycles. The summed E-state index contributed by atoms with van der Waals surface area (Å²) in [6, 6.07) is 4.95. The van der Waals surface area contributed by atoms with E-state index < -0.39 is 0 Å². The first kappa shape index (κ1) is 18.9. The maximum Gasteiger partial charge on any atom is 0.260 e. The van der Waals surface area contributed by atoms with E-state index in [0.717, 1.165) is 31.7 Å². The fraction of sp³-hybridized carbons (Fsp3) is 0.471. The van der Waals surface area contributed by atoms with Crippen molar-refractivity contribution in [2.24, 2.45) is 7.05 Å². The normalized spacial score (nSPS) is 15.3. The highest BCUT2D eigenvalue weighted by Crippen LogP contribution is 2.27. The van der Waals surface area contributed by atoms with E-state index in [2.05, 4.69) is 15.2 Å². The van der Waals surface area contributed by atoms with Gasteiger partial charge in [0.1, 0.15) is 5.75 Å². The van der Waals surface area contributed by atoms with Crippen molar-refractivity contribution in [3.05, 3.63) is 40.1 Å². The Labute approximate surface area is 162 Å². The highest BCUT2D eigenvalue weighted by Gasteiger charge is 2.21. The second-order valence-corrected chi connectivity index (χ2v) is 7.06. The molecule has 1 saturated heterocycles. The first-order chi connectivity index (χ1) is 12.5. The molecule has 1 aromatic carbocycles. The maximum absolute atomic E-state index is 12.3. The van der Waals surface area contributed by atoms with Crippen LogP contribution < -0.4 is 4.74 Å². The number of rotatable bonds is 6. The average molecular weight is 398 g/mol. The van der Waals surface area contributed by atoms with Crippen LogP contribution in [-0.2, 0) is 18.3 Å². The molecule has 0 saturated carbocycles. The van der Waals surface area contributed by atoms with Crippen molar-refractivity contribution in [2.45, 2.75) is 6.42 Å². The lowest BCUT2D eigenvalue weighted by Gasteiger charge is -2.34. The van der Waals surface area contributed by atoms with Crippen LogP contribution in [-0.4, -0.2) is 70.0 Å². The number of carbonyl (C=O) groups is 1. The molecule has 140 valence electrons. The summed E-state index contributed by atoms with van der Waals surface area (Å²) in [7, 11) is 1.86. The van der Waals surface area contributed by atoms with Gasteiger partial charge < -0.3 is 9.64 Å². The largest absolute Gasteiger partial charge is 0.482 e. The summed E-state index contributed by atoms with van der Waals surface area (Å²) in [6.45, 7) is 3.95. The molecule has 7 nitrogen and oxygen atoms in total. The minimum absolute atomic E-state index is 0.0268. The van der Waals surface area contributed by atoms with E-state index in [0.29, 0.717) is 28.9 Å². The monoisotopic (exact) mass is 397 g/mol. The quantitative estimate of drug-likeness (QED) is 0.744. The number of nitrogens with zero attached hydrogens (tertiary/aromatic N) is 5. The molecule has 3 rings (SSSR count). The SMILES string of the molecule is Cn1cc(CCN2CCN(C(=O)COc3ccc(Cl)cc3Cl)CC2)nn1. The number of carbonyl (C=O) groups excluding carboxylic acids is 1. The van der Waals surface area contributed by atoms with Gasteiger partial charge in [0.2, 0.25) is 0 Å². The maximum atomic E-state index is 12.3. The molecule has 0 bridgehead atoms. The van der Waals surface area contributed by atoms with Crippen molar-refractivity contribution in [3.63, 3.8) is 0 Å². The second kappa shape index (κ2) is 8.70. The van der Waals surface area contributed by atoms with Crippen LogP contribution in [0.2, 0.25) is 10.0 Å². The lowest BCUT2D eigenvalue weighted by molar-refractivity contribution is -0.135. The van der Waals surface area contributed by atoms with Crippen LogP contribution in [0.5, 0.6) is 5.75 Å². The van der Waals surface area contributed by atoms with Crippen LogP contribution in [0.4, 0.5) is 0 Å². The van der Waals surface area contributed by atoms with E-state index in [-0.39, 0.29) is 12.5 Å². The fourth-order valence-electron chi connectivity index (χ4n) is 2.83. The van der Waals surface area contributed by atoms with Crippen LogP contribution in [0.1, 0.15) is 5.69 Å². The molecule has 1 aromatic heterocycles. The minimum atomic E-state index is -0.0374. The molecule has 26 heavy (non-hydrogen) atoms. The topological polar surface area (TPSA) is 63.5 Å². The molecular formula is C17H21Cl2N5O2. The number of halogens is 2. The Kier molecular flexibility index (Phi) is 6.34. The lowest BCUT2D eigenvalue weighted by atomic mass is 10.2. The zero-order valence-electron chi connectivity index (χ0n) is 14.6. The molecule has 0 aliphatic carbocycles. The van der Waals surface area contributed by atoms with Gasteiger partial charge in [0, 0.05) is 57.4 Å². The highest BCUT2D eigenvalue weighted by atomic mass is 35.5. The molecule has 1 amide bonds. The van der Waals surface area contributed by atoms with Gasteiger partial charge in [-0.2, -0.15) is 0 Å². The lowest BCUT2D eigenvalue weighted by Crippen LogP contribution is -2.50. The Morgan fingerprint density at radius 3 is 2.65 bits per heavy atom. The molecule has 0 N–H and O–H groups in total. The summed E-state index contributed by atoms with van der Waals surface area (Å²) in [5, 5.41) is 8.97. The standard InChI is InChI=1S/C17H21Cl2N5O2/c1-22-11-14(20-21-22)4-5-23-6-8-24(9-7-23)17(25)12-26-16-3-2-13(18)10-15(16)19/h2-3,10-11H,4-9,12H2,1H3. The average Bonchev–Trinajstić information content (AvgIpc) is 3.05. The number of aromatic nitrogens is 3. The predicted octanol–water partition coefficient (Wildman–Crippen LogP) is 1.89. The molecule has 1 aliphatic rings. The number of hydrogen-bond donors (Lipinski definition) is 0. The van der Waals surface area contributed by atoms with E-state index >= 15 is 0 Å². The number of hydrogen-bond acceptors (Lipinski definition) is 5. The van der Waals surface area contributed by atoms with Gasteiger partial charge in [0.15, 0.2) is 6.61 Å². The summed E-state index contributed by atoms with van der Waals surface area (Å²) >= 11 is 11.9. The molecule has 0 radical (unpaired) electrons. The van der Waals surface area contributed by atoms with Gasteiger partial charge in [-0.3, -0.25) is 14.4 Å². The molecular weight excluding hydrogens is 377 g/mol. The van der Waals surface area contributed by atoms with Gasteiger partial charge >= 0.3 is 0 Å². The number of aryl methyl sites for hydroxylation is 1. The molecule has 0 spiro atoms. The Hall–Kier alpha value is -1.83. The number of piperazine rings is 1. The molecule has 1 aliphatic heterocycles. The summed E-state index contributed by atoms with van der Waals surface area (Å²) in [5.41, 5.74) is 0.985. The van der Waals surface area contributed by atoms with Crippen LogP contribution >= 0.6 is 23.2 Å². The number of benzene rings is 1.